The van der Waals surface area contributed by atoms with Crippen LogP contribution >= 0.6 is 0 Å². The Kier molecular flexibility index (Phi) is 5.20. The summed E-state index contributed by atoms with van der Waals surface area (Å²) >= 11 is 0. The number of likely N-dealkylation sites (tertiary alicyclic amines) is 1. The van der Waals surface area contributed by atoms with Gasteiger partial charge in [0.2, 0.25) is 5.76 Å². The molecule has 25 heavy (non-hydrogen) atoms. The Morgan fingerprint density at radius 2 is 2.16 bits per heavy atom. The van der Waals surface area contributed by atoms with E-state index < -0.39 is 11.5 Å². The fourth-order valence-electron chi connectivity index (χ4n) is 3.58. The second-order valence-electron chi connectivity index (χ2n) is 6.74. The molecule has 1 fully saturated rings. The number of rotatable bonds is 5. The van der Waals surface area contributed by atoms with Crippen molar-refractivity contribution >= 4 is 5.91 Å². The highest BCUT2D eigenvalue weighted by Crippen LogP contribution is 2.35. The van der Waals surface area contributed by atoms with E-state index in [2.05, 4.69) is 5.16 Å². The van der Waals surface area contributed by atoms with Crippen molar-refractivity contribution in [2.75, 3.05) is 19.7 Å². The van der Waals surface area contributed by atoms with Crippen molar-refractivity contribution < 1.29 is 19.5 Å². The van der Waals surface area contributed by atoms with Crippen LogP contribution in [0.25, 0.3) is 11.3 Å². The minimum absolute atomic E-state index is 0.141. The summed E-state index contributed by atoms with van der Waals surface area (Å²) in [6, 6.07) is 11.2. The lowest BCUT2D eigenvalue weighted by atomic mass is 9.74. The monoisotopic (exact) mass is 344 g/mol. The Balaban J connectivity index is 1.78. The molecule has 134 valence electrons. The third kappa shape index (κ3) is 3.45. The maximum atomic E-state index is 12.8. The number of hydrogen-bond donors (Lipinski definition) is 2. The number of nitrogens with zero attached hydrogens (tertiary/aromatic N) is 2. The molecule has 6 heteroatoms. The number of carbonyl (C=O) groups is 1. The summed E-state index contributed by atoms with van der Waals surface area (Å²) in [5.74, 6) is -0.0749. The number of aliphatic hydroxyl groups is 2. The predicted molar refractivity (Wildman–Crippen MR) is 92.9 cm³/mol. The zero-order valence-corrected chi connectivity index (χ0v) is 14.4. The first kappa shape index (κ1) is 17.6. The largest absolute Gasteiger partial charge is 0.396 e. The molecule has 1 amide bonds. The molecule has 0 spiro atoms. The predicted octanol–water partition coefficient (Wildman–Crippen LogP) is 2.33. The lowest BCUT2D eigenvalue weighted by Crippen LogP contribution is -2.55. The van der Waals surface area contributed by atoms with Gasteiger partial charge in [-0.15, -0.1) is 0 Å². The van der Waals surface area contributed by atoms with Crippen molar-refractivity contribution in [3.63, 3.8) is 0 Å². The molecule has 2 aromatic rings. The van der Waals surface area contributed by atoms with Gasteiger partial charge in [0.05, 0.1) is 12.7 Å². The van der Waals surface area contributed by atoms with Crippen LogP contribution in [0.5, 0.6) is 0 Å². The average Bonchev–Trinajstić information content (AvgIpc) is 3.14. The summed E-state index contributed by atoms with van der Waals surface area (Å²) < 4.78 is 5.26. The minimum atomic E-state index is -0.662. The fourth-order valence-corrected chi connectivity index (χ4v) is 3.58. The van der Waals surface area contributed by atoms with Crippen LogP contribution in [0.15, 0.2) is 40.9 Å². The third-order valence-electron chi connectivity index (χ3n) is 5.03. The van der Waals surface area contributed by atoms with E-state index in [1.54, 1.807) is 11.0 Å². The van der Waals surface area contributed by atoms with E-state index in [4.69, 9.17) is 4.52 Å². The third-order valence-corrected chi connectivity index (χ3v) is 5.03. The van der Waals surface area contributed by atoms with Crippen molar-refractivity contribution in [2.24, 2.45) is 5.41 Å². The van der Waals surface area contributed by atoms with E-state index in [0.29, 0.717) is 31.6 Å². The summed E-state index contributed by atoms with van der Waals surface area (Å²) in [5.41, 5.74) is 0.836. The van der Waals surface area contributed by atoms with Gasteiger partial charge in [-0.25, -0.2) is 0 Å². The van der Waals surface area contributed by atoms with E-state index in [1.807, 2.05) is 37.3 Å². The highest BCUT2D eigenvalue weighted by atomic mass is 16.5. The summed E-state index contributed by atoms with van der Waals surface area (Å²) in [7, 11) is 0. The first-order valence-electron chi connectivity index (χ1n) is 8.70. The standard InChI is InChI=1S/C19H24N2O4/c1-2-9-19(13-22)12-21(10-8-17(19)23)18(24)16-11-15(20-25-16)14-6-4-3-5-7-14/h3-7,11,17,22-23H,2,8-10,12-13H2,1H3/t17-,19-/m0/s1. The molecule has 1 aromatic carbocycles. The molecular weight excluding hydrogens is 320 g/mol. The first-order chi connectivity index (χ1) is 12.1. The van der Waals surface area contributed by atoms with Crippen LogP contribution < -0.4 is 0 Å². The Morgan fingerprint density at radius 3 is 2.84 bits per heavy atom. The zero-order chi connectivity index (χ0) is 17.9. The van der Waals surface area contributed by atoms with Gasteiger partial charge in [-0.05, 0) is 12.8 Å². The zero-order valence-electron chi connectivity index (χ0n) is 14.4. The molecule has 2 heterocycles. The van der Waals surface area contributed by atoms with Crippen LogP contribution in [0, 0.1) is 5.41 Å². The molecule has 0 unspecified atom stereocenters. The van der Waals surface area contributed by atoms with Crippen LogP contribution in [0.1, 0.15) is 36.7 Å². The Hall–Kier alpha value is -2.18. The topological polar surface area (TPSA) is 86.8 Å². The molecule has 1 saturated heterocycles. The summed E-state index contributed by atoms with van der Waals surface area (Å²) in [6.07, 6.45) is 1.35. The smallest absolute Gasteiger partial charge is 0.292 e. The molecule has 2 N–H and O–H groups in total. The number of aromatic nitrogens is 1. The van der Waals surface area contributed by atoms with E-state index in [1.165, 1.54) is 0 Å². The second kappa shape index (κ2) is 7.37. The highest BCUT2D eigenvalue weighted by molar-refractivity contribution is 5.92. The molecule has 0 aliphatic carbocycles. The molecule has 1 aromatic heterocycles. The number of hydrogen-bond acceptors (Lipinski definition) is 5. The number of amides is 1. The van der Waals surface area contributed by atoms with Crippen LogP contribution in [0.2, 0.25) is 0 Å². The number of benzene rings is 1. The second-order valence-corrected chi connectivity index (χ2v) is 6.74. The maximum Gasteiger partial charge on any atom is 0.292 e. The van der Waals surface area contributed by atoms with Gasteiger partial charge in [-0.3, -0.25) is 4.79 Å². The minimum Gasteiger partial charge on any atom is -0.396 e. The molecule has 0 bridgehead atoms. The van der Waals surface area contributed by atoms with Gasteiger partial charge in [-0.2, -0.15) is 0 Å². The molecule has 0 radical (unpaired) electrons. The molecule has 2 atom stereocenters. The van der Waals surface area contributed by atoms with Gasteiger partial charge in [0.1, 0.15) is 5.69 Å². The van der Waals surface area contributed by atoms with Gasteiger partial charge < -0.3 is 19.6 Å². The van der Waals surface area contributed by atoms with Gasteiger partial charge in [0.25, 0.3) is 5.91 Å². The summed E-state index contributed by atoms with van der Waals surface area (Å²) in [6.45, 7) is 2.62. The van der Waals surface area contributed by atoms with Gasteiger partial charge in [0.15, 0.2) is 0 Å². The van der Waals surface area contributed by atoms with Gasteiger partial charge in [0, 0.05) is 30.1 Å². The molecule has 6 nitrogen and oxygen atoms in total. The lowest BCUT2D eigenvalue weighted by Gasteiger charge is -2.45. The number of carbonyl (C=O) groups excluding carboxylic acids is 1. The Labute approximate surface area is 147 Å². The first-order valence-corrected chi connectivity index (χ1v) is 8.70. The normalized spacial score (nSPS) is 23.6. The van der Waals surface area contributed by atoms with Crippen molar-refractivity contribution in [3.8, 4) is 11.3 Å². The Morgan fingerprint density at radius 1 is 1.40 bits per heavy atom. The van der Waals surface area contributed by atoms with Crippen molar-refractivity contribution in [3.05, 3.63) is 42.2 Å². The molecule has 0 saturated carbocycles. The summed E-state index contributed by atoms with van der Waals surface area (Å²) in [5, 5.41) is 24.2. The Bertz CT molecular complexity index is 715. The quantitative estimate of drug-likeness (QED) is 0.869. The SMILES string of the molecule is CCC[C@@]1(CO)CN(C(=O)c2cc(-c3ccccc3)no2)CC[C@@H]1O. The van der Waals surface area contributed by atoms with E-state index >= 15 is 0 Å². The lowest BCUT2D eigenvalue weighted by molar-refractivity contribution is -0.0725. The molecule has 3 rings (SSSR count). The summed E-state index contributed by atoms with van der Waals surface area (Å²) in [4.78, 5) is 14.4. The van der Waals surface area contributed by atoms with Crippen LogP contribution in [-0.2, 0) is 0 Å². The van der Waals surface area contributed by atoms with Crippen molar-refractivity contribution in [1.29, 1.82) is 0 Å². The van der Waals surface area contributed by atoms with Gasteiger partial charge >= 0.3 is 0 Å². The van der Waals surface area contributed by atoms with Crippen molar-refractivity contribution in [2.45, 2.75) is 32.3 Å². The molecule has 1 aliphatic heterocycles. The fraction of sp³-hybridized carbons (Fsp3) is 0.474. The van der Waals surface area contributed by atoms with Gasteiger partial charge in [-0.1, -0.05) is 48.8 Å². The highest BCUT2D eigenvalue weighted by Gasteiger charge is 2.43. The van der Waals surface area contributed by atoms with E-state index in [0.717, 1.165) is 12.0 Å². The van der Waals surface area contributed by atoms with Crippen LogP contribution in [0.3, 0.4) is 0 Å². The number of aliphatic hydroxyl groups excluding tert-OH is 2. The molecular formula is C19H24N2O4. The van der Waals surface area contributed by atoms with Crippen LogP contribution in [-0.4, -0.2) is 52.0 Å². The van der Waals surface area contributed by atoms with E-state index in [-0.39, 0.29) is 18.3 Å². The van der Waals surface area contributed by atoms with Crippen molar-refractivity contribution in [1.82, 2.24) is 10.1 Å². The average molecular weight is 344 g/mol. The maximum absolute atomic E-state index is 12.8. The van der Waals surface area contributed by atoms with E-state index in [9.17, 15) is 15.0 Å². The van der Waals surface area contributed by atoms with Crippen LogP contribution in [0.4, 0.5) is 0 Å². The molecule has 1 aliphatic rings. The number of piperidine rings is 1.